The summed E-state index contributed by atoms with van der Waals surface area (Å²) in [4.78, 5) is 26.7. The quantitative estimate of drug-likeness (QED) is 0.481. The number of nitrogens with zero attached hydrogens (tertiary/aromatic N) is 3. The van der Waals surface area contributed by atoms with Crippen LogP contribution < -0.4 is 0 Å². The lowest BCUT2D eigenvalue weighted by Gasteiger charge is -2.33. The summed E-state index contributed by atoms with van der Waals surface area (Å²) >= 11 is 6.05. The molecule has 1 aliphatic rings. The second-order valence-electron chi connectivity index (χ2n) is 7.71. The highest BCUT2D eigenvalue weighted by Crippen LogP contribution is 2.31. The number of amides is 1. The summed E-state index contributed by atoms with van der Waals surface area (Å²) in [5.41, 5.74) is 1.39. The monoisotopic (exact) mass is 473 g/mol. The highest BCUT2D eigenvalue weighted by molar-refractivity contribution is 6.33. The van der Waals surface area contributed by atoms with Crippen LogP contribution in [0.2, 0.25) is 5.02 Å². The van der Waals surface area contributed by atoms with Crippen LogP contribution in [0.4, 0.5) is 8.78 Å². The molecule has 0 spiro atoms. The maximum absolute atomic E-state index is 14.2. The fourth-order valence-electron chi connectivity index (χ4n) is 3.99. The van der Waals surface area contributed by atoms with E-state index in [1.165, 1.54) is 30.3 Å². The van der Waals surface area contributed by atoms with Crippen LogP contribution in [-0.4, -0.2) is 46.3 Å². The minimum Gasteiger partial charge on any atom is -0.461 e. The van der Waals surface area contributed by atoms with E-state index in [4.69, 9.17) is 16.3 Å². The van der Waals surface area contributed by atoms with E-state index >= 15 is 0 Å². The molecule has 0 radical (unpaired) electrons. The highest BCUT2D eigenvalue weighted by Gasteiger charge is 2.30. The molecule has 172 valence electrons. The van der Waals surface area contributed by atoms with Crippen LogP contribution in [0.3, 0.4) is 0 Å². The molecule has 33 heavy (non-hydrogen) atoms. The zero-order chi connectivity index (χ0) is 23.5. The van der Waals surface area contributed by atoms with Gasteiger partial charge in [-0.2, -0.15) is 5.10 Å². The Hall–Kier alpha value is -3.26. The molecule has 0 bridgehead atoms. The zero-order valence-corrected chi connectivity index (χ0v) is 18.7. The molecule has 0 aliphatic carbocycles. The van der Waals surface area contributed by atoms with Crippen LogP contribution in [0.25, 0.3) is 11.3 Å². The first-order valence-electron chi connectivity index (χ1n) is 10.6. The van der Waals surface area contributed by atoms with Crippen molar-refractivity contribution in [2.45, 2.75) is 25.8 Å². The standard InChI is InChI=1S/C24H22ClF2N3O3/c1-2-33-24(32)20-14-21(15-6-8-16(26)9-7-15)30(28-20)17-10-12-29(13-11-17)23(31)22-18(25)4-3-5-19(22)27/h3-9,14,17H,2,10-13H2,1H3. The van der Waals surface area contributed by atoms with Crippen LogP contribution in [0, 0.1) is 11.6 Å². The Kier molecular flexibility index (Phi) is 6.74. The van der Waals surface area contributed by atoms with Gasteiger partial charge in [-0.05, 0) is 62.2 Å². The average molecular weight is 474 g/mol. The molecule has 3 aromatic rings. The molecule has 4 rings (SSSR count). The lowest BCUT2D eigenvalue weighted by Crippen LogP contribution is -2.39. The molecule has 1 fully saturated rings. The van der Waals surface area contributed by atoms with Gasteiger partial charge in [-0.3, -0.25) is 9.48 Å². The third-order valence-electron chi connectivity index (χ3n) is 5.63. The predicted octanol–water partition coefficient (Wildman–Crippen LogP) is 5.14. The van der Waals surface area contributed by atoms with E-state index in [-0.39, 0.29) is 34.7 Å². The van der Waals surface area contributed by atoms with Crippen molar-refractivity contribution in [2.24, 2.45) is 0 Å². The van der Waals surface area contributed by atoms with Crippen LogP contribution in [0.5, 0.6) is 0 Å². The SMILES string of the molecule is CCOC(=O)c1cc(-c2ccc(F)cc2)n(C2CCN(C(=O)c3c(F)cccc3Cl)CC2)n1. The van der Waals surface area contributed by atoms with Crippen LogP contribution >= 0.6 is 11.6 Å². The van der Waals surface area contributed by atoms with Gasteiger partial charge in [0.1, 0.15) is 11.6 Å². The van der Waals surface area contributed by atoms with Crippen molar-refractivity contribution in [3.8, 4) is 11.3 Å². The molecule has 1 saturated heterocycles. The normalized spacial score (nSPS) is 14.4. The Morgan fingerprint density at radius 3 is 2.45 bits per heavy atom. The number of carbonyl (C=O) groups is 2. The van der Waals surface area contributed by atoms with Gasteiger partial charge >= 0.3 is 5.97 Å². The molecule has 0 N–H and O–H groups in total. The molecule has 6 nitrogen and oxygen atoms in total. The summed E-state index contributed by atoms with van der Waals surface area (Å²) in [7, 11) is 0. The average Bonchev–Trinajstić information content (AvgIpc) is 3.25. The van der Waals surface area contributed by atoms with Gasteiger partial charge in [0.2, 0.25) is 0 Å². The largest absolute Gasteiger partial charge is 0.461 e. The first-order chi connectivity index (χ1) is 15.9. The van der Waals surface area contributed by atoms with Gasteiger partial charge in [0.25, 0.3) is 5.91 Å². The van der Waals surface area contributed by atoms with E-state index in [2.05, 4.69) is 5.10 Å². The van der Waals surface area contributed by atoms with E-state index in [0.29, 0.717) is 37.2 Å². The predicted molar refractivity (Wildman–Crippen MR) is 119 cm³/mol. The summed E-state index contributed by atoms with van der Waals surface area (Å²) in [5, 5.41) is 4.55. The van der Waals surface area contributed by atoms with E-state index < -0.39 is 17.7 Å². The van der Waals surface area contributed by atoms with Crippen molar-refractivity contribution in [3.05, 3.63) is 76.4 Å². The van der Waals surface area contributed by atoms with Gasteiger partial charge in [0.05, 0.1) is 28.9 Å². The summed E-state index contributed by atoms with van der Waals surface area (Å²) in [6, 6.07) is 11.6. The molecule has 9 heteroatoms. The lowest BCUT2D eigenvalue weighted by atomic mass is 10.0. The number of rotatable bonds is 5. The van der Waals surface area contributed by atoms with Crippen LogP contribution in [0.15, 0.2) is 48.5 Å². The molecule has 2 aromatic carbocycles. The maximum atomic E-state index is 14.2. The number of esters is 1. The minimum absolute atomic E-state index is 0.0758. The molecular weight excluding hydrogens is 452 g/mol. The van der Waals surface area contributed by atoms with Gasteiger partial charge in [-0.25, -0.2) is 13.6 Å². The number of aromatic nitrogens is 2. The summed E-state index contributed by atoms with van der Waals surface area (Å²) in [5.74, 6) is -2.02. The molecule has 1 amide bonds. The number of hydrogen-bond donors (Lipinski definition) is 0. The Bertz CT molecular complexity index is 1150. The minimum atomic E-state index is -0.653. The fraction of sp³-hybridized carbons (Fsp3) is 0.292. The van der Waals surface area contributed by atoms with E-state index in [1.807, 2.05) is 0 Å². The number of hydrogen-bond acceptors (Lipinski definition) is 4. The topological polar surface area (TPSA) is 64.4 Å². The van der Waals surface area contributed by atoms with Crippen molar-refractivity contribution in [2.75, 3.05) is 19.7 Å². The Morgan fingerprint density at radius 2 is 1.82 bits per heavy atom. The number of ether oxygens (including phenoxy) is 1. The van der Waals surface area contributed by atoms with Gasteiger partial charge in [0.15, 0.2) is 5.69 Å². The smallest absolute Gasteiger partial charge is 0.358 e. The van der Waals surface area contributed by atoms with Crippen molar-refractivity contribution in [1.82, 2.24) is 14.7 Å². The highest BCUT2D eigenvalue weighted by atomic mass is 35.5. The lowest BCUT2D eigenvalue weighted by molar-refractivity contribution is 0.0517. The Balaban J connectivity index is 1.57. The van der Waals surface area contributed by atoms with Crippen molar-refractivity contribution in [1.29, 1.82) is 0 Å². The van der Waals surface area contributed by atoms with Crippen molar-refractivity contribution >= 4 is 23.5 Å². The number of piperidine rings is 1. The number of likely N-dealkylation sites (tertiary alicyclic amines) is 1. The van der Waals surface area contributed by atoms with Gasteiger partial charge < -0.3 is 9.64 Å². The van der Waals surface area contributed by atoms with E-state index in [9.17, 15) is 18.4 Å². The molecule has 2 heterocycles. The first-order valence-corrected chi connectivity index (χ1v) is 11.0. The van der Waals surface area contributed by atoms with E-state index in [1.54, 1.807) is 34.7 Å². The maximum Gasteiger partial charge on any atom is 0.358 e. The first kappa shape index (κ1) is 22.9. The molecule has 1 aromatic heterocycles. The Labute approximate surface area is 194 Å². The van der Waals surface area contributed by atoms with Gasteiger partial charge in [0, 0.05) is 18.7 Å². The number of benzene rings is 2. The van der Waals surface area contributed by atoms with Crippen molar-refractivity contribution in [3.63, 3.8) is 0 Å². The molecule has 0 saturated carbocycles. The van der Waals surface area contributed by atoms with Crippen molar-refractivity contribution < 1.29 is 23.1 Å². The second-order valence-corrected chi connectivity index (χ2v) is 8.11. The van der Waals surface area contributed by atoms with Crippen LogP contribution in [-0.2, 0) is 4.74 Å². The van der Waals surface area contributed by atoms with E-state index in [0.717, 1.165) is 0 Å². The molecule has 0 atom stereocenters. The fourth-order valence-corrected chi connectivity index (χ4v) is 4.23. The van der Waals surface area contributed by atoms with Gasteiger partial charge in [-0.1, -0.05) is 17.7 Å². The summed E-state index contributed by atoms with van der Waals surface area (Å²) in [6.45, 7) is 2.66. The third-order valence-corrected chi connectivity index (χ3v) is 5.95. The zero-order valence-electron chi connectivity index (χ0n) is 17.9. The molecular formula is C24H22ClF2N3O3. The summed E-state index contributed by atoms with van der Waals surface area (Å²) < 4.78 is 34.4. The number of carbonyl (C=O) groups excluding carboxylic acids is 2. The van der Waals surface area contributed by atoms with Crippen LogP contribution in [0.1, 0.15) is 46.7 Å². The Morgan fingerprint density at radius 1 is 1.12 bits per heavy atom. The molecule has 1 aliphatic heterocycles. The van der Waals surface area contributed by atoms with Gasteiger partial charge in [-0.15, -0.1) is 0 Å². The summed E-state index contributed by atoms with van der Waals surface area (Å²) in [6.07, 6.45) is 1.08. The number of halogens is 3. The second kappa shape index (κ2) is 9.70. The molecule has 0 unspecified atom stereocenters. The third kappa shape index (κ3) is 4.75.